The van der Waals surface area contributed by atoms with Crippen molar-refractivity contribution in [1.82, 2.24) is 10.3 Å². The zero-order chi connectivity index (χ0) is 25.6. The average Bonchev–Trinajstić information content (AvgIpc) is 3.48. The standard InChI is InChI=1S/C29H28N4O3S/c34-28(30-33(29(35)36)26-14-8-23(9-15-26)27-7-4-20-37-27)24-10-12-25(13-11-24)32-18-16-31(17-19-32)21-22-5-2-1-3-6-22/h1-15,20H,16-19,21H2,(H,30,34)(H,35,36). The van der Waals surface area contributed by atoms with E-state index in [1.54, 1.807) is 35.6 Å². The minimum absolute atomic E-state index is 0.367. The van der Waals surface area contributed by atoms with Gasteiger partial charge in [0.15, 0.2) is 0 Å². The fourth-order valence-electron chi connectivity index (χ4n) is 4.44. The van der Waals surface area contributed by atoms with Crippen molar-refractivity contribution in [3.63, 3.8) is 0 Å². The normalized spacial score (nSPS) is 13.8. The van der Waals surface area contributed by atoms with E-state index < -0.39 is 12.0 Å². The number of benzene rings is 3. The molecule has 0 unspecified atom stereocenters. The van der Waals surface area contributed by atoms with Crippen LogP contribution in [0.5, 0.6) is 0 Å². The molecule has 0 radical (unpaired) electrons. The van der Waals surface area contributed by atoms with Crippen molar-refractivity contribution < 1.29 is 14.7 Å². The maximum atomic E-state index is 12.9. The summed E-state index contributed by atoms with van der Waals surface area (Å²) in [6.45, 7) is 4.70. The Morgan fingerprint density at radius 2 is 1.54 bits per heavy atom. The first-order valence-electron chi connectivity index (χ1n) is 12.2. The van der Waals surface area contributed by atoms with E-state index in [-0.39, 0.29) is 0 Å². The fraction of sp³-hybridized carbons (Fsp3) is 0.172. The Balaban J connectivity index is 1.18. The molecule has 1 fully saturated rings. The first-order valence-corrected chi connectivity index (χ1v) is 13.0. The zero-order valence-corrected chi connectivity index (χ0v) is 21.1. The van der Waals surface area contributed by atoms with Crippen LogP contribution in [0.4, 0.5) is 16.2 Å². The van der Waals surface area contributed by atoms with Gasteiger partial charge in [0.2, 0.25) is 0 Å². The second-order valence-corrected chi connectivity index (χ2v) is 9.83. The molecule has 8 heteroatoms. The predicted molar refractivity (Wildman–Crippen MR) is 148 cm³/mol. The summed E-state index contributed by atoms with van der Waals surface area (Å²) in [4.78, 5) is 30.6. The lowest BCUT2D eigenvalue weighted by molar-refractivity contribution is 0.0944. The summed E-state index contributed by atoms with van der Waals surface area (Å²) in [6.07, 6.45) is -1.26. The summed E-state index contributed by atoms with van der Waals surface area (Å²) in [5, 5.41) is 12.5. The van der Waals surface area contributed by atoms with Crippen molar-refractivity contribution in [2.45, 2.75) is 6.54 Å². The molecular formula is C29H28N4O3S. The molecule has 7 nitrogen and oxygen atoms in total. The van der Waals surface area contributed by atoms with Crippen LogP contribution in [0.1, 0.15) is 15.9 Å². The first-order chi connectivity index (χ1) is 18.1. The number of nitrogens with zero attached hydrogens (tertiary/aromatic N) is 3. The molecule has 0 bridgehead atoms. The Labute approximate surface area is 220 Å². The summed E-state index contributed by atoms with van der Waals surface area (Å²) in [5.74, 6) is -0.482. The lowest BCUT2D eigenvalue weighted by atomic mass is 10.1. The Kier molecular flexibility index (Phi) is 7.49. The van der Waals surface area contributed by atoms with Crippen LogP contribution in [-0.4, -0.2) is 48.2 Å². The highest BCUT2D eigenvalue weighted by Crippen LogP contribution is 2.27. The molecule has 0 spiro atoms. The number of nitrogens with one attached hydrogen (secondary N) is 1. The summed E-state index contributed by atoms with van der Waals surface area (Å²) >= 11 is 1.61. The van der Waals surface area contributed by atoms with E-state index in [0.29, 0.717) is 11.3 Å². The van der Waals surface area contributed by atoms with Crippen LogP contribution in [0.3, 0.4) is 0 Å². The molecule has 2 N–H and O–H groups in total. The molecule has 1 aliphatic rings. The molecule has 1 aliphatic heterocycles. The van der Waals surface area contributed by atoms with Gasteiger partial charge in [-0.25, -0.2) is 4.79 Å². The monoisotopic (exact) mass is 512 g/mol. The third-order valence-corrected chi connectivity index (χ3v) is 7.37. The number of piperazine rings is 1. The van der Waals surface area contributed by atoms with Crippen LogP contribution >= 0.6 is 11.3 Å². The van der Waals surface area contributed by atoms with Gasteiger partial charge >= 0.3 is 6.09 Å². The Hall–Kier alpha value is -4.14. The van der Waals surface area contributed by atoms with E-state index in [4.69, 9.17) is 0 Å². The molecule has 188 valence electrons. The van der Waals surface area contributed by atoms with Gasteiger partial charge in [0.05, 0.1) is 5.69 Å². The number of thiophene rings is 1. The summed E-state index contributed by atoms with van der Waals surface area (Å²) in [7, 11) is 0. The van der Waals surface area contributed by atoms with E-state index in [9.17, 15) is 14.7 Å². The van der Waals surface area contributed by atoms with Crippen molar-refractivity contribution in [3.05, 3.63) is 108 Å². The minimum Gasteiger partial charge on any atom is -0.463 e. The number of anilines is 2. The molecule has 2 amide bonds. The molecule has 4 aromatic rings. The highest BCUT2D eigenvalue weighted by molar-refractivity contribution is 7.13. The molecule has 37 heavy (non-hydrogen) atoms. The number of carboxylic acid groups (broad SMARTS) is 1. The summed E-state index contributed by atoms with van der Waals surface area (Å²) < 4.78 is 0. The Morgan fingerprint density at radius 1 is 0.838 bits per heavy atom. The summed E-state index contributed by atoms with van der Waals surface area (Å²) in [5.41, 5.74) is 6.63. The number of rotatable bonds is 6. The minimum atomic E-state index is -1.26. The third kappa shape index (κ3) is 5.99. The fourth-order valence-corrected chi connectivity index (χ4v) is 5.17. The highest BCUT2D eigenvalue weighted by atomic mass is 32.1. The van der Waals surface area contributed by atoms with Gasteiger partial charge in [-0.05, 0) is 59.0 Å². The van der Waals surface area contributed by atoms with Crippen molar-refractivity contribution in [1.29, 1.82) is 0 Å². The number of hydrogen-bond acceptors (Lipinski definition) is 5. The van der Waals surface area contributed by atoms with Gasteiger partial charge in [0.25, 0.3) is 5.91 Å². The molecular weight excluding hydrogens is 484 g/mol. The first kappa shape index (κ1) is 24.5. The smallest absolute Gasteiger partial charge is 0.431 e. The van der Waals surface area contributed by atoms with E-state index in [1.165, 1.54) is 5.56 Å². The van der Waals surface area contributed by atoms with Crippen molar-refractivity contribution in [2.24, 2.45) is 0 Å². The second kappa shape index (κ2) is 11.3. The van der Waals surface area contributed by atoms with Gasteiger partial charge in [-0.15, -0.1) is 11.3 Å². The lowest BCUT2D eigenvalue weighted by Crippen LogP contribution is -2.46. The van der Waals surface area contributed by atoms with Crippen LogP contribution in [0, 0.1) is 0 Å². The molecule has 0 aliphatic carbocycles. The van der Waals surface area contributed by atoms with Crippen molar-refractivity contribution in [2.75, 3.05) is 36.1 Å². The second-order valence-electron chi connectivity index (χ2n) is 8.88. The Bertz CT molecular complexity index is 1320. The van der Waals surface area contributed by atoms with Crippen LogP contribution < -0.4 is 15.3 Å². The van der Waals surface area contributed by atoms with Gasteiger partial charge in [0, 0.05) is 48.9 Å². The zero-order valence-electron chi connectivity index (χ0n) is 20.3. The molecule has 0 atom stereocenters. The number of amides is 2. The lowest BCUT2D eigenvalue weighted by Gasteiger charge is -2.36. The van der Waals surface area contributed by atoms with Gasteiger partial charge in [-0.1, -0.05) is 48.5 Å². The molecule has 5 rings (SSSR count). The van der Waals surface area contributed by atoms with Crippen LogP contribution in [0.25, 0.3) is 10.4 Å². The molecule has 1 saturated heterocycles. The maximum Gasteiger partial charge on any atom is 0.431 e. The number of hydrazine groups is 1. The number of hydrogen-bond donors (Lipinski definition) is 2. The third-order valence-electron chi connectivity index (χ3n) is 6.45. The molecule has 1 aromatic heterocycles. The van der Waals surface area contributed by atoms with E-state index in [0.717, 1.165) is 53.9 Å². The van der Waals surface area contributed by atoms with Gasteiger partial charge < -0.3 is 10.0 Å². The largest absolute Gasteiger partial charge is 0.463 e. The van der Waals surface area contributed by atoms with Crippen molar-refractivity contribution in [3.8, 4) is 10.4 Å². The molecule has 0 saturated carbocycles. The number of carbonyl (C=O) groups is 2. The number of carbonyl (C=O) groups excluding carboxylic acids is 1. The SMILES string of the molecule is O=C(NN(C(=O)O)c1ccc(-c2cccs2)cc1)c1ccc(N2CCN(Cc3ccccc3)CC2)cc1. The van der Waals surface area contributed by atoms with E-state index in [2.05, 4.69) is 39.5 Å². The quantitative estimate of drug-likeness (QED) is 0.331. The predicted octanol–water partition coefficient (Wildman–Crippen LogP) is 5.57. The van der Waals surface area contributed by atoms with Gasteiger partial charge in [-0.2, -0.15) is 5.01 Å². The maximum absolute atomic E-state index is 12.9. The topological polar surface area (TPSA) is 76.1 Å². The van der Waals surface area contributed by atoms with Crippen molar-refractivity contribution >= 4 is 34.7 Å². The average molecular weight is 513 g/mol. The van der Waals surface area contributed by atoms with E-state index >= 15 is 0 Å². The van der Waals surface area contributed by atoms with Gasteiger partial charge in [-0.3, -0.25) is 15.1 Å². The Morgan fingerprint density at radius 3 is 2.16 bits per heavy atom. The van der Waals surface area contributed by atoms with E-state index in [1.807, 2.05) is 47.8 Å². The summed E-state index contributed by atoms with van der Waals surface area (Å²) in [6, 6.07) is 28.8. The van der Waals surface area contributed by atoms with Gasteiger partial charge in [0.1, 0.15) is 0 Å². The van der Waals surface area contributed by atoms with Crippen LogP contribution in [0.2, 0.25) is 0 Å². The highest BCUT2D eigenvalue weighted by Gasteiger charge is 2.20. The molecule has 3 aromatic carbocycles. The van der Waals surface area contributed by atoms with Crippen LogP contribution in [0.15, 0.2) is 96.4 Å². The molecule has 2 heterocycles. The van der Waals surface area contributed by atoms with Crippen LogP contribution in [-0.2, 0) is 6.54 Å².